The number of thioether (sulfide) groups is 1. The van der Waals surface area contributed by atoms with Crippen LogP contribution in [0, 0.1) is 0 Å². The van der Waals surface area contributed by atoms with Crippen molar-refractivity contribution < 1.29 is 14.3 Å². The smallest absolute Gasteiger partial charge is 0.316 e. The molecule has 0 fully saturated rings. The van der Waals surface area contributed by atoms with Crippen LogP contribution in [-0.2, 0) is 22.5 Å². The van der Waals surface area contributed by atoms with Gasteiger partial charge in [0.2, 0.25) is 0 Å². The number of benzene rings is 2. The zero-order valence-electron chi connectivity index (χ0n) is 16.0. The van der Waals surface area contributed by atoms with Crippen LogP contribution in [0.1, 0.15) is 23.9 Å². The highest BCUT2D eigenvalue weighted by Crippen LogP contribution is 2.21. The molecule has 3 rings (SSSR count). The summed E-state index contributed by atoms with van der Waals surface area (Å²) in [6.45, 7) is 2.82. The molecule has 0 N–H and O–H groups in total. The second-order valence-corrected chi connectivity index (χ2v) is 7.03. The Bertz CT molecular complexity index is 895. The topological polar surface area (TPSA) is 66.2 Å². The molecule has 146 valence electrons. The molecule has 0 aliphatic rings. The largest absolute Gasteiger partial charge is 0.497 e. The number of aromatic nitrogens is 3. The first-order valence-electron chi connectivity index (χ1n) is 9.07. The summed E-state index contributed by atoms with van der Waals surface area (Å²) >= 11 is 1.35. The van der Waals surface area contributed by atoms with Gasteiger partial charge in [-0.2, -0.15) is 0 Å². The summed E-state index contributed by atoms with van der Waals surface area (Å²) in [6, 6.07) is 18.0. The highest BCUT2D eigenvalue weighted by molar-refractivity contribution is 7.99. The molecule has 1 aromatic heterocycles. The van der Waals surface area contributed by atoms with Gasteiger partial charge in [0, 0.05) is 6.42 Å². The summed E-state index contributed by atoms with van der Waals surface area (Å²) in [5.41, 5.74) is 2.26. The van der Waals surface area contributed by atoms with E-state index in [9.17, 15) is 4.79 Å². The van der Waals surface area contributed by atoms with Crippen molar-refractivity contribution in [1.29, 1.82) is 0 Å². The number of ether oxygens (including phenoxy) is 2. The molecule has 0 spiro atoms. The summed E-state index contributed by atoms with van der Waals surface area (Å²) in [6.07, 6.45) is 0.643. The lowest BCUT2D eigenvalue weighted by molar-refractivity contribution is -0.139. The molecule has 0 saturated heterocycles. The lowest BCUT2D eigenvalue weighted by atomic mass is 10.1. The Labute approximate surface area is 168 Å². The zero-order valence-corrected chi connectivity index (χ0v) is 16.8. The van der Waals surface area contributed by atoms with Crippen molar-refractivity contribution in [2.75, 3.05) is 19.5 Å². The van der Waals surface area contributed by atoms with Crippen LogP contribution < -0.4 is 4.74 Å². The third-order valence-corrected chi connectivity index (χ3v) is 5.06. The summed E-state index contributed by atoms with van der Waals surface area (Å²) < 4.78 is 12.3. The first-order valence-corrected chi connectivity index (χ1v) is 10.1. The van der Waals surface area contributed by atoms with Crippen LogP contribution in [0.5, 0.6) is 5.75 Å². The summed E-state index contributed by atoms with van der Waals surface area (Å²) in [5, 5.41) is 9.41. The van der Waals surface area contributed by atoms with E-state index < -0.39 is 0 Å². The number of hydrogen-bond donors (Lipinski definition) is 0. The molecule has 1 heterocycles. The van der Waals surface area contributed by atoms with Gasteiger partial charge in [0.15, 0.2) is 5.16 Å². The highest BCUT2D eigenvalue weighted by atomic mass is 32.2. The van der Waals surface area contributed by atoms with Gasteiger partial charge in [0.1, 0.15) is 11.6 Å². The van der Waals surface area contributed by atoms with Crippen molar-refractivity contribution in [2.45, 2.75) is 25.0 Å². The number of hydrogen-bond acceptors (Lipinski definition) is 6. The summed E-state index contributed by atoms with van der Waals surface area (Å²) in [5.74, 6) is 1.63. The monoisotopic (exact) mass is 397 g/mol. The fourth-order valence-electron chi connectivity index (χ4n) is 2.73. The lowest BCUT2D eigenvalue weighted by Gasteiger charge is -2.11. The maximum atomic E-state index is 11.7. The molecule has 28 heavy (non-hydrogen) atoms. The molecular weight excluding hydrogens is 374 g/mol. The fourth-order valence-corrected chi connectivity index (χ4v) is 3.49. The maximum absolute atomic E-state index is 11.7. The summed E-state index contributed by atoms with van der Waals surface area (Å²) in [4.78, 5) is 11.7. The predicted molar refractivity (Wildman–Crippen MR) is 109 cm³/mol. The molecule has 0 saturated carbocycles. The molecular formula is C21H23N3O3S. The van der Waals surface area contributed by atoms with Crippen LogP contribution in [0.15, 0.2) is 59.8 Å². The van der Waals surface area contributed by atoms with Gasteiger partial charge in [-0.05, 0) is 30.2 Å². The predicted octanol–water partition coefficient (Wildman–Crippen LogP) is 3.58. The zero-order chi connectivity index (χ0) is 19.8. The minimum atomic E-state index is -0.251. The molecule has 0 bridgehead atoms. The first-order chi connectivity index (χ1) is 13.7. The quantitative estimate of drug-likeness (QED) is 0.406. The molecule has 0 aliphatic carbocycles. The SMILES string of the molecule is CCOC(=O)CSc1nnc(Cc2ccc(OC)cc2)n1Cc1ccccc1. The fraction of sp³-hybridized carbons (Fsp3) is 0.286. The van der Waals surface area contributed by atoms with Crippen molar-refractivity contribution >= 4 is 17.7 Å². The van der Waals surface area contributed by atoms with Crippen molar-refractivity contribution in [3.8, 4) is 5.75 Å². The number of rotatable bonds is 9. The number of esters is 1. The van der Waals surface area contributed by atoms with E-state index in [0.29, 0.717) is 24.7 Å². The second-order valence-electron chi connectivity index (χ2n) is 6.09. The molecule has 6 nitrogen and oxygen atoms in total. The molecule has 3 aromatic rings. The standard InChI is InChI=1S/C21H23N3O3S/c1-3-27-20(25)15-28-21-23-22-19(13-16-9-11-18(26-2)12-10-16)24(21)14-17-7-5-4-6-8-17/h4-12H,3,13-15H2,1-2H3. The minimum absolute atomic E-state index is 0.212. The van der Waals surface area contributed by atoms with Crippen molar-refractivity contribution in [2.24, 2.45) is 0 Å². The normalized spacial score (nSPS) is 10.6. The Morgan fingerprint density at radius 3 is 2.46 bits per heavy atom. The number of carbonyl (C=O) groups is 1. The van der Waals surface area contributed by atoms with Gasteiger partial charge in [-0.25, -0.2) is 0 Å². The Morgan fingerprint density at radius 1 is 1.04 bits per heavy atom. The maximum Gasteiger partial charge on any atom is 0.316 e. The van der Waals surface area contributed by atoms with Crippen molar-refractivity contribution in [1.82, 2.24) is 14.8 Å². The number of carbonyl (C=O) groups excluding carboxylic acids is 1. The van der Waals surface area contributed by atoms with Crippen LogP contribution in [0.3, 0.4) is 0 Å². The van der Waals surface area contributed by atoms with E-state index in [1.54, 1.807) is 14.0 Å². The average Bonchev–Trinajstić information content (AvgIpc) is 3.09. The third-order valence-electron chi connectivity index (χ3n) is 4.12. The summed E-state index contributed by atoms with van der Waals surface area (Å²) in [7, 11) is 1.65. The Morgan fingerprint density at radius 2 is 1.79 bits per heavy atom. The minimum Gasteiger partial charge on any atom is -0.497 e. The van der Waals surface area contributed by atoms with E-state index in [-0.39, 0.29) is 11.7 Å². The number of nitrogens with zero attached hydrogens (tertiary/aromatic N) is 3. The van der Waals surface area contributed by atoms with E-state index in [0.717, 1.165) is 22.7 Å². The third kappa shape index (κ3) is 5.36. The van der Waals surface area contributed by atoms with Crippen LogP contribution in [0.4, 0.5) is 0 Å². The van der Waals surface area contributed by atoms with Gasteiger partial charge < -0.3 is 14.0 Å². The molecule has 0 unspecified atom stereocenters. The van der Waals surface area contributed by atoms with Crippen molar-refractivity contribution in [3.63, 3.8) is 0 Å². The van der Waals surface area contributed by atoms with E-state index in [1.807, 2.05) is 42.5 Å². The van der Waals surface area contributed by atoms with E-state index >= 15 is 0 Å². The Balaban J connectivity index is 1.82. The Hall–Kier alpha value is -2.80. The van der Waals surface area contributed by atoms with Crippen LogP contribution in [0.2, 0.25) is 0 Å². The second kappa shape index (κ2) is 9.94. The van der Waals surface area contributed by atoms with Crippen LogP contribution in [0.25, 0.3) is 0 Å². The van der Waals surface area contributed by atoms with Crippen molar-refractivity contribution in [3.05, 3.63) is 71.5 Å². The highest BCUT2D eigenvalue weighted by Gasteiger charge is 2.15. The van der Waals surface area contributed by atoms with Gasteiger partial charge in [-0.15, -0.1) is 10.2 Å². The van der Waals surface area contributed by atoms with Gasteiger partial charge >= 0.3 is 5.97 Å². The van der Waals surface area contributed by atoms with E-state index in [2.05, 4.69) is 26.9 Å². The first kappa shape index (κ1) is 19.9. The molecule has 0 atom stereocenters. The van der Waals surface area contributed by atoms with Crippen LogP contribution >= 0.6 is 11.8 Å². The molecule has 0 radical (unpaired) electrons. The molecule has 7 heteroatoms. The van der Waals surface area contributed by atoms with E-state index in [4.69, 9.17) is 9.47 Å². The lowest BCUT2D eigenvalue weighted by Crippen LogP contribution is -2.10. The molecule has 2 aromatic carbocycles. The van der Waals surface area contributed by atoms with Gasteiger partial charge in [-0.3, -0.25) is 4.79 Å². The van der Waals surface area contributed by atoms with E-state index in [1.165, 1.54) is 11.8 Å². The average molecular weight is 398 g/mol. The number of methoxy groups -OCH3 is 1. The molecule has 0 aliphatic heterocycles. The Kier molecular flexibility index (Phi) is 7.08. The van der Waals surface area contributed by atoms with Gasteiger partial charge in [0.25, 0.3) is 0 Å². The van der Waals surface area contributed by atoms with Gasteiger partial charge in [-0.1, -0.05) is 54.2 Å². The van der Waals surface area contributed by atoms with Gasteiger partial charge in [0.05, 0.1) is 26.0 Å². The molecule has 0 amide bonds. The van der Waals surface area contributed by atoms with Crippen LogP contribution in [-0.4, -0.2) is 40.2 Å².